The second-order valence-corrected chi connectivity index (χ2v) is 4.65. The summed E-state index contributed by atoms with van der Waals surface area (Å²) in [6.45, 7) is 1.89. The van der Waals surface area contributed by atoms with Crippen molar-refractivity contribution in [2.24, 2.45) is 0 Å². The highest BCUT2D eigenvalue weighted by Gasteiger charge is 2.19. The number of carbonyl (C=O) groups is 2. The molecule has 0 heterocycles. The lowest BCUT2D eigenvalue weighted by atomic mass is 10.00. The van der Waals surface area contributed by atoms with E-state index in [0.717, 1.165) is 5.56 Å². The number of carboxylic acids is 1. The van der Waals surface area contributed by atoms with Crippen LogP contribution in [-0.2, 0) is 4.79 Å². The van der Waals surface area contributed by atoms with Crippen LogP contribution in [0.1, 0.15) is 21.5 Å². The second-order valence-electron chi connectivity index (χ2n) is 4.65. The predicted molar refractivity (Wildman–Crippen MR) is 79.2 cm³/mol. The Hall–Kier alpha value is -2.88. The van der Waals surface area contributed by atoms with Crippen LogP contribution in [0, 0.1) is 6.92 Å². The van der Waals surface area contributed by atoms with Gasteiger partial charge in [-0.15, -0.1) is 0 Å². The lowest BCUT2D eigenvalue weighted by molar-refractivity contribution is -0.132. The predicted octanol–water partition coefficient (Wildman–Crippen LogP) is 3.05. The van der Waals surface area contributed by atoms with Gasteiger partial charge in [0.1, 0.15) is 11.3 Å². The van der Waals surface area contributed by atoms with Crippen molar-refractivity contribution < 1.29 is 19.8 Å². The number of rotatable bonds is 4. The number of phenols is 1. The van der Waals surface area contributed by atoms with Crippen LogP contribution >= 0.6 is 0 Å². The Kier molecular flexibility index (Phi) is 4.18. The average Bonchev–Trinajstić information content (AvgIpc) is 2.46. The van der Waals surface area contributed by atoms with Crippen molar-refractivity contribution in [3.05, 3.63) is 70.8 Å². The fourth-order valence-corrected chi connectivity index (χ4v) is 1.82. The summed E-state index contributed by atoms with van der Waals surface area (Å²) in [4.78, 5) is 23.6. The molecule has 0 spiro atoms. The van der Waals surface area contributed by atoms with Crippen LogP contribution in [0.15, 0.2) is 54.1 Å². The molecule has 0 aliphatic rings. The number of benzene rings is 2. The van der Waals surface area contributed by atoms with Crippen molar-refractivity contribution in [1.29, 1.82) is 0 Å². The van der Waals surface area contributed by atoms with E-state index in [1.165, 1.54) is 18.2 Å². The van der Waals surface area contributed by atoms with E-state index in [1.807, 2.05) is 6.92 Å². The van der Waals surface area contributed by atoms with Crippen molar-refractivity contribution in [1.82, 2.24) is 0 Å². The molecular weight excluding hydrogens is 268 g/mol. The number of hydrogen-bond acceptors (Lipinski definition) is 3. The van der Waals surface area contributed by atoms with Crippen LogP contribution in [0.3, 0.4) is 0 Å². The van der Waals surface area contributed by atoms with Gasteiger partial charge in [0.15, 0.2) is 5.78 Å². The first-order valence-electron chi connectivity index (χ1n) is 6.33. The minimum Gasteiger partial charge on any atom is -0.508 e. The number of hydrogen-bond donors (Lipinski definition) is 2. The summed E-state index contributed by atoms with van der Waals surface area (Å²) in [7, 11) is 0. The van der Waals surface area contributed by atoms with Gasteiger partial charge in [0, 0.05) is 5.56 Å². The van der Waals surface area contributed by atoms with Gasteiger partial charge in [-0.1, -0.05) is 42.0 Å². The molecule has 2 rings (SSSR count). The molecule has 106 valence electrons. The summed E-state index contributed by atoms with van der Waals surface area (Å²) in [6.07, 6.45) is 1.30. The molecule has 0 unspecified atom stereocenters. The highest BCUT2D eigenvalue weighted by molar-refractivity contribution is 6.26. The zero-order valence-electron chi connectivity index (χ0n) is 11.4. The second kappa shape index (κ2) is 6.05. The van der Waals surface area contributed by atoms with E-state index in [9.17, 15) is 19.8 Å². The van der Waals surface area contributed by atoms with Crippen LogP contribution in [0.5, 0.6) is 5.75 Å². The number of aryl methyl sites for hydroxylation is 1. The van der Waals surface area contributed by atoms with Gasteiger partial charge in [0.25, 0.3) is 0 Å². The van der Waals surface area contributed by atoms with E-state index in [1.54, 1.807) is 36.4 Å². The Balaban J connectivity index is 2.39. The molecule has 0 radical (unpaired) electrons. The zero-order chi connectivity index (χ0) is 15.4. The first-order chi connectivity index (χ1) is 9.97. The quantitative estimate of drug-likeness (QED) is 0.391. The van der Waals surface area contributed by atoms with Gasteiger partial charge in [-0.2, -0.15) is 0 Å². The summed E-state index contributed by atoms with van der Waals surface area (Å²) >= 11 is 0. The molecule has 0 aromatic heterocycles. The number of ketones is 1. The molecule has 0 amide bonds. The van der Waals surface area contributed by atoms with Gasteiger partial charge < -0.3 is 10.2 Å². The maximum Gasteiger partial charge on any atom is 0.339 e. The molecule has 0 aliphatic heterocycles. The molecule has 2 aromatic rings. The minimum absolute atomic E-state index is 0.0777. The van der Waals surface area contributed by atoms with Gasteiger partial charge >= 0.3 is 5.97 Å². The molecule has 0 saturated heterocycles. The van der Waals surface area contributed by atoms with E-state index in [4.69, 9.17) is 0 Å². The first kappa shape index (κ1) is 14.5. The van der Waals surface area contributed by atoms with Crippen LogP contribution in [0.4, 0.5) is 0 Å². The molecular formula is C17H14O4. The number of carbonyl (C=O) groups excluding carboxylic acids is 1. The molecule has 4 nitrogen and oxygen atoms in total. The minimum atomic E-state index is -1.28. The topological polar surface area (TPSA) is 74.6 Å². The number of aliphatic carboxylic acids is 1. The Morgan fingerprint density at radius 3 is 2.05 bits per heavy atom. The molecule has 0 saturated carbocycles. The van der Waals surface area contributed by atoms with Gasteiger partial charge in [0.05, 0.1) is 0 Å². The molecule has 21 heavy (non-hydrogen) atoms. The number of phenolic OH excluding ortho intramolecular Hbond substituents is 1. The van der Waals surface area contributed by atoms with Crippen molar-refractivity contribution in [2.45, 2.75) is 6.92 Å². The summed E-state index contributed by atoms with van der Waals surface area (Å²) in [5.41, 5.74) is 1.54. The molecule has 0 aliphatic carbocycles. The van der Waals surface area contributed by atoms with Crippen LogP contribution in [0.2, 0.25) is 0 Å². The summed E-state index contributed by atoms with van der Waals surface area (Å²) in [5.74, 6) is -1.75. The SMILES string of the molecule is Cc1ccc(C(=O)/C(=C/c2ccc(O)cc2)C(=O)O)cc1. The van der Waals surface area contributed by atoms with E-state index in [0.29, 0.717) is 11.1 Å². The van der Waals surface area contributed by atoms with E-state index < -0.39 is 11.8 Å². The number of Topliss-reactive ketones (excluding diaryl/α,β-unsaturated/α-hetero) is 1. The molecule has 0 bridgehead atoms. The van der Waals surface area contributed by atoms with Crippen molar-refractivity contribution in [3.8, 4) is 5.75 Å². The number of carboxylic acid groups (broad SMARTS) is 1. The normalized spacial score (nSPS) is 11.2. The van der Waals surface area contributed by atoms with E-state index >= 15 is 0 Å². The lowest BCUT2D eigenvalue weighted by Gasteiger charge is -2.03. The van der Waals surface area contributed by atoms with Gasteiger partial charge in [-0.05, 0) is 30.7 Å². The average molecular weight is 282 g/mol. The van der Waals surface area contributed by atoms with Crippen molar-refractivity contribution in [2.75, 3.05) is 0 Å². The summed E-state index contributed by atoms with van der Waals surface area (Å²) in [6, 6.07) is 12.7. The molecule has 0 atom stereocenters. The highest BCUT2D eigenvalue weighted by Crippen LogP contribution is 2.16. The highest BCUT2D eigenvalue weighted by atomic mass is 16.4. The lowest BCUT2D eigenvalue weighted by Crippen LogP contribution is -2.12. The maximum atomic E-state index is 12.3. The first-order valence-corrected chi connectivity index (χ1v) is 6.33. The Morgan fingerprint density at radius 2 is 1.52 bits per heavy atom. The number of aromatic hydroxyl groups is 1. The van der Waals surface area contributed by atoms with Gasteiger partial charge in [-0.25, -0.2) is 4.79 Å². The monoisotopic (exact) mass is 282 g/mol. The molecule has 2 N–H and O–H groups in total. The Bertz CT molecular complexity index is 695. The van der Waals surface area contributed by atoms with Crippen molar-refractivity contribution >= 4 is 17.8 Å². The zero-order valence-corrected chi connectivity index (χ0v) is 11.4. The molecule has 2 aromatic carbocycles. The van der Waals surface area contributed by atoms with Gasteiger partial charge in [-0.3, -0.25) is 4.79 Å². The third kappa shape index (κ3) is 3.57. The Labute approximate surface area is 122 Å². The van der Waals surface area contributed by atoms with E-state index in [-0.39, 0.29) is 11.3 Å². The smallest absolute Gasteiger partial charge is 0.339 e. The van der Waals surface area contributed by atoms with Gasteiger partial charge in [0.2, 0.25) is 0 Å². The maximum absolute atomic E-state index is 12.3. The van der Waals surface area contributed by atoms with E-state index in [2.05, 4.69) is 0 Å². The molecule has 4 heteroatoms. The van der Waals surface area contributed by atoms with Crippen LogP contribution in [0.25, 0.3) is 6.08 Å². The third-order valence-electron chi connectivity index (χ3n) is 2.99. The molecule has 0 fully saturated rings. The summed E-state index contributed by atoms with van der Waals surface area (Å²) in [5, 5.41) is 18.4. The summed E-state index contributed by atoms with van der Waals surface area (Å²) < 4.78 is 0. The van der Waals surface area contributed by atoms with Crippen molar-refractivity contribution in [3.63, 3.8) is 0 Å². The van der Waals surface area contributed by atoms with Crippen LogP contribution in [-0.4, -0.2) is 22.0 Å². The fourth-order valence-electron chi connectivity index (χ4n) is 1.82. The standard InChI is InChI=1S/C17H14O4/c1-11-2-6-13(7-3-11)16(19)15(17(20)21)10-12-4-8-14(18)9-5-12/h2-10,18H,1H3,(H,20,21)/b15-10-. The Morgan fingerprint density at radius 1 is 0.952 bits per heavy atom. The van der Waals surface area contributed by atoms with Crippen LogP contribution < -0.4 is 0 Å². The third-order valence-corrected chi connectivity index (χ3v) is 2.99. The largest absolute Gasteiger partial charge is 0.508 e. The fraction of sp³-hybridized carbons (Fsp3) is 0.0588.